The molecule has 0 radical (unpaired) electrons. The summed E-state index contributed by atoms with van der Waals surface area (Å²) in [5.41, 5.74) is 0. The molecule has 1 aromatic carbocycles. The van der Waals surface area contributed by atoms with Crippen LogP contribution in [-0.4, -0.2) is 42.2 Å². The molecule has 5 heteroatoms. The van der Waals surface area contributed by atoms with E-state index in [9.17, 15) is 4.79 Å². The third-order valence-electron chi connectivity index (χ3n) is 3.68. The van der Waals surface area contributed by atoms with Crippen LogP contribution in [0.4, 0.5) is 0 Å². The molecule has 1 aliphatic heterocycles. The van der Waals surface area contributed by atoms with Gasteiger partial charge in [-0.3, -0.25) is 4.79 Å². The summed E-state index contributed by atoms with van der Waals surface area (Å²) in [5, 5.41) is 3.88. The second-order valence-corrected chi connectivity index (χ2v) is 6.91. The van der Waals surface area contributed by atoms with Crippen LogP contribution >= 0.6 is 23.4 Å². The second kappa shape index (κ2) is 8.66. The summed E-state index contributed by atoms with van der Waals surface area (Å²) in [6.07, 6.45) is 3.34. The smallest absolute Gasteiger partial charge is 0.230 e. The third kappa shape index (κ3) is 5.89. The first kappa shape index (κ1) is 16.7. The predicted molar refractivity (Wildman–Crippen MR) is 90.1 cm³/mol. The van der Waals surface area contributed by atoms with Crippen LogP contribution in [0.5, 0.6) is 0 Å². The minimum absolute atomic E-state index is 0.129. The Labute approximate surface area is 136 Å². The Kier molecular flexibility index (Phi) is 6.87. The molecular weight excluding hydrogens is 304 g/mol. The Morgan fingerprint density at radius 1 is 1.33 bits per heavy atom. The minimum Gasteiger partial charge on any atom is -0.353 e. The molecule has 1 amide bonds. The highest BCUT2D eigenvalue weighted by atomic mass is 35.5. The second-order valence-electron chi connectivity index (χ2n) is 5.43. The molecule has 116 valence electrons. The summed E-state index contributed by atoms with van der Waals surface area (Å²) >= 11 is 7.40. The number of amides is 1. The van der Waals surface area contributed by atoms with Crippen molar-refractivity contribution >= 4 is 29.3 Å². The summed E-state index contributed by atoms with van der Waals surface area (Å²) in [6, 6.07) is 7.94. The number of carbonyl (C=O) groups excluding carboxylic acids is 1. The van der Waals surface area contributed by atoms with E-state index in [-0.39, 0.29) is 5.91 Å². The Balaban J connectivity index is 1.67. The van der Waals surface area contributed by atoms with Crippen molar-refractivity contribution in [3.8, 4) is 0 Å². The van der Waals surface area contributed by atoms with Gasteiger partial charge in [-0.05, 0) is 50.1 Å². The quantitative estimate of drug-likeness (QED) is 0.813. The largest absolute Gasteiger partial charge is 0.353 e. The van der Waals surface area contributed by atoms with Crippen LogP contribution in [0.25, 0.3) is 0 Å². The number of benzene rings is 1. The van der Waals surface area contributed by atoms with Crippen molar-refractivity contribution in [2.45, 2.75) is 37.1 Å². The van der Waals surface area contributed by atoms with Crippen LogP contribution in [0, 0.1) is 0 Å². The molecular formula is C16H23ClN2OS. The van der Waals surface area contributed by atoms with Crippen LogP contribution < -0.4 is 5.32 Å². The summed E-state index contributed by atoms with van der Waals surface area (Å²) in [7, 11) is 0. The van der Waals surface area contributed by atoms with E-state index in [2.05, 4.69) is 17.1 Å². The minimum atomic E-state index is 0.129. The van der Waals surface area contributed by atoms with Gasteiger partial charge in [-0.1, -0.05) is 18.5 Å². The van der Waals surface area contributed by atoms with Crippen LogP contribution in [-0.2, 0) is 4.79 Å². The highest BCUT2D eigenvalue weighted by Gasteiger charge is 2.19. The fraction of sp³-hybridized carbons (Fsp3) is 0.562. The van der Waals surface area contributed by atoms with Gasteiger partial charge in [-0.15, -0.1) is 11.8 Å². The normalized spacial score (nSPS) is 16.9. The molecule has 1 aromatic rings. The maximum Gasteiger partial charge on any atom is 0.230 e. The Hall–Kier alpha value is -0.710. The van der Waals surface area contributed by atoms with Crippen LogP contribution in [0.1, 0.15) is 26.2 Å². The lowest BCUT2D eigenvalue weighted by atomic mass is 10.1. The van der Waals surface area contributed by atoms with Gasteiger partial charge < -0.3 is 10.2 Å². The maximum absolute atomic E-state index is 12.0. The first-order chi connectivity index (χ1) is 10.2. The van der Waals surface area contributed by atoms with Gasteiger partial charge in [0.05, 0.1) is 5.75 Å². The number of thioether (sulfide) groups is 1. The average molecular weight is 327 g/mol. The van der Waals surface area contributed by atoms with Gasteiger partial charge in [0.15, 0.2) is 0 Å². The molecule has 1 aliphatic rings. The van der Waals surface area contributed by atoms with Gasteiger partial charge in [0, 0.05) is 29.0 Å². The zero-order valence-electron chi connectivity index (χ0n) is 12.5. The van der Waals surface area contributed by atoms with Crippen LogP contribution in [0.2, 0.25) is 5.02 Å². The topological polar surface area (TPSA) is 32.3 Å². The van der Waals surface area contributed by atoms with Crippen molar-refractivity contribution in [3.05, 3.63) is 29.3 Å². The molecule has 1 N–H and O–H groups in total. The first-order valence-electron chi connectivity index (χ1n) is 7.57. The van der Waals surface area contributed by atoms with Gasteiger partial charge in [-0.25, -0.2) is 0 Å². The molecule has 0 aromatic heterocycles. The lowest BCUT2D eigenvalue weighted by molar-refractivity contribution is -0.119. The van der Waals surface area contributed by atoms with Crippen LogP contribution in [0.3, 0.4) is 0 Å². The van der Waals surface area contributed by atoms with Crippen LogP contribution in [0.15, 0.2) is 29.2 Å². The van der Waals surface area contributed by atoms with Crippen molar-refractivity contribution < 1.29 is 4.79 Å². The molecule has 0 atom stereocenters. The molecule has 21 heavy (non-hydrogen) atoms. The predicted octanol–water partition coefficient (Wildman–Crippen LogP) is 3.42. The van der Waals surface area contributed by atoms with Crippen molar-refractivity contribution in [2.75, 3.05) is 25.4 Å². The lowest BCUT2D eigenvalue weighted by Crippen LogP contribution is -2.45. The number of rotatable bonds is 6. The molecule has 2 rings (SSSR count). The lowest BCUT2D eigenvalue weighted by Gasteiger charge is -2.32. The van der Waals surface area contributed by atoms with Crippen molar-refractivity contribution in [1.82, 2.24) is 10.2 Å². The fourth-order valence-electron chi connectivity index (χ4n) is 2.57. The summed E-state index contributed by atoms with van der Waals surface area (Å²) in [6.45, 7) is 5.58. The summed E-state index contributed by atoms with van der Waals surface area (Å²) in [4.78, 5) is 15.5. The molecule has 0 saturated carbocycles. The van der Waals surface area contributed by atoms with E-state index in [1.54, 1.807) is 11.8 Å². The van der Waals surface area contributed by atoms with Gasteiger partial charge in [0.25, 0.3) is 0 Å². The summed E-state index contributed by atoms with van der Waals surface area (Å²) in [5.74, 6) is 0.598. The highest BCUT2D eigenvalue weighted by molar-refractivity contribution is 8.00. The standard InChI is InChI=1S/C16H23ClN2OS/c1-2-9-19-10-7-14(8-11-19)18-16(20)12-21-15-5-3-13(17)4-6-15/h3-6,14H,2,7-12H2,1H3,(H,18,20). The van der Waals surface area contributed by atoms with E-state index in [1.807, 2.05) is 24.3 Å². The molecule has 3 nitrogen and oxygen atoms in total. The molecule has 0 bridgehead atoms. The Morgan fingerprint density at radius 3 is 2.62 bits per heavy atom. The number of hydrogen-bond donors (Lipinski definition) is 1. The van der Waals surface area contributed by atoms with E-state index in [4.69, 9.17) is 11.6 Å². The fourth-order valence-corrected chi connectivity index (χ4v) is 3.40. The van der Waals surface area contributed by atoms with Crippen molar-refractivity contribution in [3.63, 3.8) is 0 Å². The monoisotopic (exact) mass is 326 g/mol. The van der Waals surface area contributed by atoms with Crippen molar-refractivity contribution in [1.29, 1.82) is 0 Å². The van der Waals surface area contributed by atoms with Gasteiger partial charge >= 0.3 is 0 Å². The van der Waals surface area contributed by atoms with E-state index < -0.39 is 0 Å². The SMILES string of the molecule is CCCN1CCC(NC(=O)CSc2ccc(Cl)cc2)CC1. The number of carbonyl (C=O) groups is 1. The van der Waals surface area contributed by atoms with Gasteiger partial charge in [0.2, 0.25) is 5.91 Å². The van der Waals surface area contributed by atoms with E-state index in [0.717, 1.165) is 35.8 Å². The third-order valence-corrected chi connectivity index (χ3v) is 4.94. The molecule has 0 spiro atoms. The Morgan fingerprint density at radius 2 is 2.00 bits per heavy atom. The van der Waals surface area contributed by atoms with Gasteiger partial charge in [0.1, 0.15) is 0 Å². The maximum atomic E-state index is 12.0. The molecule has 0 unspecified atom stereocenters. The molecule has 0 aliphatic carbocycles. The average Bonchev–Trinajstić information content (AvgIpc) is 2.49. The van der Waals surface area contributed by atoms with E-state index in [0.29, 0.717) is 11.8 Å². The number of hydrogen-bond acceptors (Lipinski definition) is 3. The number of nitrogens with zero attached hydrogens (tertiary/aromatic N) is 1. The summed E-state index contributed by atoms with van der Waals surface area (Å²) < 4.78 is 0. The first-order valence-corrected chi connectivity index (χ1v) is 8.94. The van der Waals surface area contributed by atoms with E-state index in [1.165, 1.54) is 13.0 Å². The number of piperidine rings is 1. The Bertz CT molecular complexity index is 444. The van der Waals surface area contributed by atoms with Crippen molar-refractivity contribution in [2.24, 2.45) is 0 Å². The van der Waals surface area contributed by atoms with Gasteiger partial charge in [-0.2, -0.15) is 0 Å². The number of likely N-dealkylation sites (tertiary alicyclic amines) is 1. The number of halogens is 1. The number of nitrogens with one attached hydrogen (secondary N) is 1. The highest BCUT2D eigenvalue weighted by Crippen LogP contribution is 2.20. The zero-order valence-corrected chi connectivity index (χ0v) is 14.1. The molecule has 1 saturated heterocycles. The molecule has 1 fully saturated rings. The zero-order chi connectivity index (χ0) is 15.1. The molecule has 1 heterocycles. The van der Waals surface area contributed by atoms with E-state index >= 15 is 0 Å².